The topological polar surface area (TPSA) is 63.2 Å². The maximum atomic E-state index is 12.0. The average molecular weight is 273 g/mol. The van der Waals surface area contributed by atoms with E-state index in [0.717, 1.165) is 0 Å². The molecule has 0 saturated carbocycles. The summed E-state index contributed by atoms with van der Waals surface area (Å²) in [4.78, 5) is 0.284. The second kappa shape index (κ2) is 5.29. The molecule has 6 heteroatoms. The van der Waals surface area contributed by atoms with Gasteiger partial charge in [0.05, 0.1) is 4.90 Å². The molecule has 0 atom stereocenters. The normalized spacial score (nSPS) is 25.6. The molecular formula is C11H15NO3S2. The van der Waals surface area contributed by atoms with E-state index >= 15 is 0 Å². The Bertz CT molecular complexity index is 489. The van der Waals surface area contributed by atoms with E-state index in [1.54, 1.807) is 30.3 Å². The van der Waals surface area contributed by atoms with E-state index in [2.05, 4.69) is 4.72 Å². The molecule has 2 rings (SSSR count). The molecule has 1 aromatic rings. The van der Waals surface area contributed by atoms with Crippen LogP contribution in [-0.2, 0) is 20.8 Å². The lowest BCUT2D eigenvalue weighted by Gasteiger charge is -2.22. The Morgan fingerprint density at radius 1 is 1.12 bits per heavy atom. The number of nitrogens with one attached hydrogen (secondary N) is 1. The zero-order valence-corrected chi connectivity index (χ0v) is 11.0. The fraction of sp³-hybridized carbons (Fsp3) is 0.455. The number of hydrogen-bond acceptors (Lipinski definition) is 3. The summed E-state index contributed by atoms with van der Waals surface area (Å²) in [5, 5.41) is 0. The van der Waals surface area contributed by atoms with Gasteiger partial charge in [-0.3, -0.25) is 4.21 Å². The standard InChI is InChI=1S/C11H15NO3S2/c13-16-8-6-10(7-9-16)12-17(14,15)11-4-2-1-3-5-11/h1-5,10,12H,6-9H2. The first-order valence-electron chi connectivity index (χ1n) is 5.50. The van der Waals surface area contributed by atoms with Gasteiger partial charge < -0.3 is 0 Å². The van der Waals surface area contributed by atoms with E-state index in [9.17, 15) is 12.6 Å². The van der Waals surface area contributed by atoms with Crippen LogP contribution in [0.4, 0.5) is 0 Å². The van der Waals surface area contributed by atoms with E-state index in [1.165, 1.54) is 0 Å². The lowest BCUT2D eigenvalue weighted by atomic mass is 10.2. The zero-order valence-electron chi connectivity index (χ0n) is 9.33. The molecule has 0 unspecified atom stereocenters. The largest absolute Gasteiger partial charge is 0.260 e. The first-order valence-corrected chi connectivity index (χ1v) is 8.47. The summed E-state index contributed by atoms with van der Waals surface area (Å²) >= 11 is 0. The highest BCUT2D eigenvalue weighted by molar-refractivity contribution is 7.89. The van der Waals surface area contributed by atoms with Gasteiger partial charge in [-0.2, -0.15) is 0 Å². The minimum Gasteiger partial charge on any atom is -0.260 e. The Balaban J connectivity index is 2.06. The van der Waals surface area contributed by atoms with Crippen molar-refractivity contribution in [3.05, 3.63) is 30.3 Å². The minimum atomic E-state index is -3.43. The Labute approximate surface area is 104 Å². The summed E-state index contributed by atoms with van der Waals surface area (Å²) in [6.07, 6.45) is 1.30. The second-order valence-electron chi connectivity index (χ2n) is 4.06. The third-order valence-electron chi connectivity index (χ3n) is 2.76. The third-order valence-corrected chi connectivity index (χ3v) is 5.68. The molecule has 1 saturated heterocycles. The molecule has 0 spiro atoms. The fourth-order valence-electron chi connectivity index (χ4n) is 1.80. The monoisotopic (exact) mass is 273 g/mol. The van der Waals surface area contributed by atoms with Gasteiger partial charge in [0.2, 0.25) is 10.0 Å². The van der Waals surface area contributed by atoms with E-state index in [0.29, 0.717) is 24.3 Å². The SMILES string of the molecule is O=S1CCC(NS(=O)(=O)c2ccccc2)CC1. The van der Waals surface area contributed by atoms with Crippen LogP contribution in [0.15, 0.2) is 35.2 Å². The van der Waals surface area contributed by atoms with E-state index < -0.39 is 20.8 Å². The van der Waals surface area contributed by atoms with Gasteiger partial charge in [0.1, 0.15) is 0 Å². The van der Waals surface area contributed by atoms with Gasteiger partial charge >= 0.3 is 0 Å². The van der Waals surface area contributed by atoms with E-state index in [-0.39, 0.29) is 10.9 Å². The summed E-state index contributed by atoms with van der Waals surface area (Å²) < 4.78 is 37.8. The van der Waals surface area contributed by atoms with Gasteiger partial charge in [0, 0.05) is 28.3 Å². The number of rotatable bonds is 3. The highest BCUT2D eigenvalue weighted by Gasteiger charge is 2.23. The Morgan fingerprint density at radius 3 is 2.29 bits per heavy atom. The fourth-order valence-corrected chi connectivity index (χ4v) is 4.42. The summed E-state index contributed by atoms with van der Waals surface area (Å²) in [6.45, 7) is 0. The van der Waals surface area contributed by atoms with Crippen molar-refractivity contribution in [2.45, 2.75) is 23.8 Å². The molecule has 1 aliphatic heterocycles. The van der Waals surface area contributed by atoms with Gasteiger partial charge in [0.15, 0.2) is 0 Å². The molecule has 0 radical (unpaired) electrons. The zero-order chi connectivity index (χ0) is 12.3. The van der Waals surface area contributed by atoms with Gasteiger partial charge in [0.25, 0.3) is 0 Å². The van der Waals surface area contributed by atoms with Gasteiger partial charge in [-0.15, -0.1) is 0 Å². The Hall–Kier alpha value is -0.720. The maximum absolute atomic E-state index is 12.0. The van der Waals surface area contributed by atoms with Gasteiger partial charge in [-0.1, -0.05) is 18.2 Å². The predicted molar refractivity (Wildman–Crippen MR) is 67.7 cm³/mol. The van der Waals surface area contributed by atoms with Crippen molar-refractivity contribution in [3.8, 4) is 0 Å². The van der Waals surface area contributed by atoms with Crippen LogP contribution < -0.4 is 4.72 Å². The molecule has 1 N–H and O–H groups in total. The van der Waals surface area contributed by atoms with Crippen molar-refractivity contribution in [2.75, 3.05) is 11.5 Å². The van der Waals surface area contributed by atoms with Gasteiger partial charge in [-0.05, 0) is 25.0 Å². The summed E-state index contributed by atoms with van der Waals surface area (Å²) in [5.74, 6) is 1.17. The van der Waals surface area contributed by atoms with Crippen LogP contribution in [0.2, 0.25) is 0 Å². The van der Waals surface area contributed by atoms with Crippen molar-refractivity contribution in [3.63, 3.8) is 0 Å². The maximum Gasteiger partial charge on any atom is 0.240 e. The number of hydrogen-bond donors (Lipinski definition) is 1. The van der Waals surface area contributed by atoms with Gasteiger partial charge in [-0.25, -0.2) is 13.1 Å². The lowest BCUT2D eigenvalue weighted by Crippen LogP contribution is -2.39. The number of sulfonamides is 1. The Morgan fingerprint density at radius 2 is 1.71 bits per heavy atom. The quantitative estimate of drug-likeness (QED) is 0.889. The average Bonchev–Trinajstić information content (AvgIpc) is 2.33. The highest BCUT2D eigenvalue weighted by atomic mass is 32.2. The van der Waals surface area contributed by atoms with Crippen LogP contribution in [0.5, 0.6) is 0 Å². The predicted octanol–water partition coefficient (Wildman–Crippen LogP) is 0.876. The molecule has 1 fully saturated rings. The first kappa shape index (κ1) is 12.7. The highest BCUT2D eigenvalue weighted by Crippen LogP contribution is 2.14. The molecule has 94 valence electrons. The molecule has 0 aliphatic carbocycles. The van der Waals surface area contributed by atoms with Crippen molar-refractivity contribution >= 4 is 20.8 Å². The van der Waals surface area contributed by atoms with Crippen LogP contribution in [0.1, 0.15) is 12.8 Å². The molecule has 1 aromatic carbocycles. The molecule has 0 bridgehead atoms. The third kappa shape index (κ3) is 3.37. The molecule has 17 heavy (non-hydrogen) atoms. The smallest absolute Gasteiger partial charge is 0.240 e. The molecule has 0 amide bonds. The molecule has 1 heterocycles. The Kier molecular flexibility index (Phi) is 3.96. The molecular weight excluding hydrogens is 258 g/mol. The first-order chi connectivity index (χ1) is 8.08. The van der Waals surface area contributed by atoms with Crippen molar-refractivity contribution in [1.82, 2.24) is 4.72 Å². The van der Waals surface area contributed by atoms with Crippen LogP contribution in [0.25, 0.3) is 0 Å². The van der Waals surface area contributed by atoms with E-state index in [4.69, 9.17) is 0 Å². The summed E-state index contributed by atoms with van der Waals surface area (Å²) in [5.41, 5.74) is 0. The van der Waals surface area contributed by atoms with Crippen molar-refractivity contribution in [1.29, 1.82) is 0 Å². The van der Waals surface area contributed by atoms with Crippen LogP contribution in [0.3, 0.4) is 0 Å². The van der Waals surface area contributed by atoms with E-state index in [1.807, 2.05) is 0 Å². The minimum absolute atomic E-state index is 0.0853. The molecule has 1 aliphatic rings. The molecule has 0 aromatic heterocycles. The lowest BCUT2D eigenvalue weighted by molar-refractivity contribution is 0.522. The summed E-state index contributed by atoms with van der Waals surface area (Å²) in [7, 11) is -4.19. The number of benzene rings is 1. The van der Waals surface area contributed by atoms with Crippen LogP contribution in [-0.4, -0.2) is 30.2 Å². The molecule has 4 nitrogen and oxygen atoms in total. The second-order valence-corrected chi connectivity index (χ2v) is 7.47. The van der Waals surface area contributed by atoms with Crippen molar-refractivity contribution in [2.24, 2.45) is 0 Å². The van der Waals surface area contributed by atoms with Crippen molar-refractivity contribution < 1.29 is 12.6 Å². The summed E-state index contributed by atoms with van der Waals surface area (Å²) in [6, 6.07) is 8.24. The van der Waals surface area contributed by atoms with Crippen LogP contribution in [0, 0.1) is 0 Å². The van der Waals surface area contributed by atoms with Crippen LogP contribution >= 0.6 is 0 Å².